The second-order valence-electron chi connectivity index (χ2n) is 6.84. The van der Waals surface area contributed by atoms with Crippen LogP contribution in [0, 0.1) is 5.92 Å². The number of ether oxygens (including phenoxy) is 2. The molecule has 0 spiro atoms. The molecule has 0 fully saturated rings. The summed E-state index contributed by atoms with van der Waals surface area (Å²) in [7, 11) is 1.34. The van der Waals surface area contributed by atoms with Gasteiger partial charge in [-0.3, -0.25) is 4.90 Å². The van der Waals surface area contributed by atoms with Crippen molar-refractivity contribution in [1.29, 1.82) is 0 Å². The summed E-state index contributed by atoms with van der Waals surface area (Å²) >= 11 is 0. The van der Waals surface area contributed by atoms with Gasteiger partial charge in [0.2, 0.25) is 0 Å². The van der Waals surface area contributed by atoms with Gasteiger partial charge in [0.1, 0.15) is 11.6 Å². The number of carbonyl (C=O) groups is 2. The van der Waals surface area contributed by atoms with Gasteiger partial charge < -0.3 is 15.2 Å². The molecule has 22 heavy (non-hydrogen) atoms. The lowest BCUT2D eigenvalue weighted by Gasteiger charge is -2.33. The maximum Gasteiger partial charge on any atom is 0.411 e. The van der Waals surface area contributed by atoms with Crippen LogP contribution in [0.4, 0.5) is 4.79 Å². The first kappa shape index (κ1) is 20.7. The maximum atomic E-state index is 12.5. The standard InChI is InChI=1S/C16H32N2O4/c1-12(2)11-13(14(19)21-6)18(10-8-7-9-17)15(20)22-16(3,4)5/h12-13H,7-11,17H2,1-6H3/t13-/m1/s1. The molecule has 0 unspecified atom stereocenters. The number of amides is 1. The van der Waals surface area contributed by atoms with Crippen molar-refractivity contribution >= 4 is 12.1 Å². The molecule has 0 aromatic heterocycles. The fraction of sp³-hybridized carbons (Fsp3) is 0.875. The lowest BCUT2D eigenvalue weighted by atomic mass is 10.0. The molecule has 0 radical (unpaired) electrons. The third-order valence-corrected chi connectivity index (χ3v) is 3.03. The highest BCUT2D eigenvalue weighted by Gasteiger charge is 2.33. The van der Waals surface area contributed by atoms with Crippen LogP contribution in [0.25, 0.3) is 0 Å². The first-order valence-corrected chi connectivity index (χ1v) is 7.90. The Balaban J connectivity index is 5.19. The van der Waals surface area contributed by atoms with E-state index in [1.165, 1.54) is 12.0 Å². The van der Waals surface area contributed by atoms with Gasteiger partial charge in [-0.1, -0.05) is 13.8 Å². The summed E-state index contributed by atoms with van der Waals surface area (Å²) in [6.45, 7) is 10.4. The number of unbranched alkanes of at least 4 members (excludes halogenated alkanes) is 1. The predicted molar refractivity (Wildman–Crippen MR) is 86.5 cm³/mol. The van der Waals surface area contributed by atoms with Gasteiger partial charge in [0.25, 0.3) is 0 Å². The molecule has 130 valence electrons. The number of hydrogen-bond donors (Lipinski definition) is 1. The number of nitrogens with two attached hydrogens (primary N) is 1. The summed E-state index contributed by atoms with van der Waals surface area (Å²) < 4.78 is 10.3. The van der Waals surface area contributed by atoms with E-state index in [4.69, 9.17) is 15.2 Å². The smallest absolute Gasteiger partial charge is 0.411 e. The summed E-state index contributed by atoms with van der Waals surface area (Å²) in [4.78, 5) is 26.0. The Bertz CT molecular complexity index is 351. The van der Waals surface area contributed by atoms with E-state index in [0.717, 1.165) is 12.8 Å². The summed E-state index contributed by atoms with van der Waals surface area (Å²) in [5.74, 6) is -0.157. The molecule has 0 saturated carbocycles. The van der Waals surface area contributed by atoms with Crippen LogP contribution in [0.15, 0.2) is 0 Å². The minimum absolute atomic E-state index is 0.253. The van der Waals surface area contributed by atoms with Crippen LogP contribution >= 0.6 is 0 Å². The van der Waals surface area contributed by atoms with Gasteiger partial charge in [-0.2, -0.15) is 0 Å². The Labute approximate surface area is 134 Å². The molecule has 0 rings (SSSR count). The van der Waals surface area contributed by atoms with Crippen LogP contribution < -0.4 is 5.73 Å². The number of methoxy groups -OCH3 is 1. The minimum Gasteiger partial charge on any atom is -0.467 e. The molecule has 0 bridgehead atoms. The van der Waals surface area contributed by atoms with Gasteiger partial charge >= 0.3 is 12.1 Å². The highest BCUT2D eigenvalue weighted by molar-refractivity contribution is 5.81. The van der Waals surface area contributed by atoms with E-state index in [-0.39, 0.29) is 5.92 Å². The Kier molecular flexibility index (Phi) is 9.09. The zero-order valence-corrected chi connectivity index (χ0v) is 14.8. The van der Waals surface area contributed by atoms with Crippen molar-refractivity contribution in [3.8, 4) is 0 Å². The van der Waals surface area contributed by atoms with Crippen molar-refractivity contribution in [2.45, 2.75) is 65.5 Å². The fourth-order valence-electron chi connectivity index (χ4n) is 2.05. The number of hydrogen-bond acceptors (Lipinski definition) is 5. The SMILES string of the molecule is COC(=O)[C@@H](CC(C)C)N(CCCCN)C(=O)OC(C)(C)C. The quantitative estimate of drug-likeness (QED) is 0.550. The number of esters is 1. The molecule has 6 heteroatoms. The molecule has 0 aliphatic heterocycles. The number of rotatable bonds is 8. The van der Waals surface area contributed by atoms with Crippen molar-refractivity contribution in [3.05, 3.63) is 0 Å². The van der Waals surface area contributed by atoms with Crippen LogP contribution in [0.2, 0.25) is 0 Å². The lowest BCUT2D eigenvalue weighted by molar-refractivity contribution is -0.147. The van der Waals surface area contributed by atoms with Crippen molar-refractivity contribution in [2.24, 2.45) is 11.7 Å². The van der Waals surface area contributed by atoms with Gasteiger partial charge in [0.15, 0.2) is 0 Å². The number of carbonyl (C=O) groups excluding carboxylic acids is 2. The predicted octanol–water partition coefficient (Wildman–Crippen LogP) is 2.55. The monoisotopic (exact) mass is 316 g/mol. The van der Waals surface area contributed by atoms with Crippen LogP contribution in [0.5, 0.6) is 0 Å². The fourth-order valence-corrected chi connectivity index (χ4v) is 2.05. The van der Waals surface area contributed by atoms with E-state index >= 15 is 0 Å². The molecule has 0 saturated heterocycles. The average molecular weight is 316 g/mol. The largest absolute Gasteiger partial charge is 0.467 e. The first-order chi connectivity index (χ1) is 10.1. The third-order valence-electron chi connectivity index (χ3n) is 3.03. The van der Waals surface area contributed by atoms with Crippen molar-refractivity contribution < 1.29 is 19.1 Å². The first-order valence-electron chi connectivity index (χ1n) is 7.90. The molecule has 1 amide bonds. The van der Waals surface area contributed by atoms with Crippen LogP contribution in [0.1, 0.15) is 53.9 Å². The minimum atomic E-state index is -0.627. The topological polar surface area (TPSA) is 81.9 Å². The zero-order chi connectivity index (χ0) is 17.3. The molecule has 0 aromatic carbocycles. The van der Waals surface area contributed by atoms with E-state index in [0.29, 0.717) is 19.5 Å². The van der Waals surface area contributed by atoms with E-state index in [9.17, 15) is 9.59 Å². The molecule has 0 aliphatic rings. The summed E-state index contributed by atoms with van der Waals surface area (Å²) in [5.41, 5.74) is 4.90. The van der Waals surface area contributed by atoms with E-state index in [1.54, 1.807) is 20.8 Å². The van der Waals surface area contributed by atoms with Crippen LogP contribution in [-0.2, 0) is 14.3 Å². The summed E-state index contributed by atoms with van der Waals surface area (Å²) in [5, 5.41) is 0. The third kappa shape index (κ3) is 8.22. The molecule has 1 atom stereocenters. The Morgan fingerprint density at radius 2 is 1.77 bits per heavy atom. The maximum absolute atomic E-state index is 12.5. The number of nitrogens with zero attached hydrogens (tertiary/aromatic N) is 1. The highest BCUT2D eigenvalue weighted by Crippen LogP contribution is 2.18. The Morgan fingerprint density at radius 1 is 1.18 bits per heavy atom. The second kappa shape index (κ2) is 9.66. The highest BCUT2D eigenvalue weighted by atomic mass is 16.6. The lowest BCUT2D eigenvalue weighted by Crippen LogP contribution is -2.48. The summed E-state index contributed by atoms with van der Waals surface area (Å²) in [6, 6.07) is -0.627. The molecular weight excluding hydrogens is 284 g/mol. The van der Waals surface area contributed by atoms with Crippen LogP contribution in [0.3, 0.4) is 0 Å². The molecule has 0 aromatic rings. The average Bonchev–Trinajstić information content (AvgIpc) is 2.38. The van der Waals surface area contributed by atoms with E-state index in [2.05, 4.69) is 0 Å². The van der Waals surface area contributed by atoms with Gasteiger partial charge in [0, 0.05) is 6.54 Å². The molecule has 2 N–H and O–H groups in total. The summed E-state index contributed by atoms with van der Waals surface area (Å²) in [6.07, 6.45) is 1.56. The Hall–Kier alpha value is -1.30. The molecular formula is C16H32N2O4. The van der Waals surface area contributed by atoms with E-state index in [1.807, 2.05) is 13.8 Å². The molecule has 0 heterocycles. The van der Waals surface area contributed by atoms with Gasteiger partial charge in [0.05, 0.1) is 7.11 Å². The van der Waals surface area contributed by atoms with Gasteiger partial charge in [-0.05, 0) is 52.5 Å². The van der Waals surface area contributed by atoms with Gasteiger partial charge in [-0.15, -0.1) is 0 Å². The molecule has 0 aliphatic carbocycles. The Morgan fingerprint density at radius 3 is 2.18 bits per heavy atom. The van der Waals surface area contributed by atoms with Crippen LogP contribution in [-0.4, -0.2) is 48.8 Å². The van der Waals surface area contributed by atoms with Crippen molar-refractivity contribution in [1.82, 2.24) is 4.90 Å². The van der Waals surface area contributed by atoms with Crippen molar-refractivity contribution in [3.63, 3.8) is 0 Å². The normalized spacial score (nSPS) is 12.9. The van der Waals surface area contributed by atoms with Gasteiger partial charge in [-0.25, -0.2) is 9.59 Å². The molecule has 6 nitrogen and oxygen atoms in total. The van der Waals surface area contributed by atoms with E-state index < -0.39 is 23.7 Å². The second-order valence-corrected chi connectivity index (χ2v) is 6.84. The zero-order valence-electron chi connectivity index (χ0n) is 14.8. The van der Waals surface area contributed by atoms with Crippen molar-refractivity contribution in [2.75, 3.05) is 20.2 Å².